The van der Waals surface area contributed by atoms with Gasteiger partial charge in [0.25, 0.3) is 0 Å². The molecule has 1 atom stereocenters. The average Bonchev–Trinajstić information content (AvgIpc) is 2.70. The summed E-state index contributed by atoms with van der Waals surface area (Å²) in [6.07, 6.45) is 15.2. The third-order valence-corrected chi connectivity index (χ3v) is 3.54. The van der Waals surface area contributed by atoms with Crippen LogP contribution in [0.15, 0.2) is 12.2 Å². The smallest absolute Gasteiger partial charge is 0.317 e. The first-order chi connectivity index (χ1) is 9.24. The summed E-state index contributed by atoms with van der Waals surface area (Å²) in [5.41, 5.74) is 0. The van der Waals surface area contributed by atoms with Gasteiger partial charge >= 0.3 is 11.9 Å². The Labute approximate surface area is 116 Å². The molecule has 108 valence electrons. The van der Waals surface area contributed by atoms with Gasteiger partial charge in [0.2, 0.25) is 0 Å². The second-order valence-electron chi connectivity index (χ2n) is 5.27. The predicted molar refractivity (Wildman–Crippen MR) is 75.6 cm³/mol. The van der Waals surface area contributed by atoms with E-state index in [1.165, 1.54) is 32.1 Å². The Hall–Kier alpha value is -1.12. The zero-order chi connectivity index (χ0) is 13.9. The molecule has 1 unspecified atom stereocenters. The number of carbonyl (C=O) groups is 2. The molecule has 19 heavy (non-hydrogen) atoms. The molecule has 3 heteroatoms. The maximum absolute atomic E-state index is 11.2. The summed E-state index contributed by atoms with van der Waals surface area (Å²) in [7, 11) is 0. The standard InChI is InChI=1S/C16H26O3/c1-2-3-4-5-6-7-8-9-10-11-12-14-13-15(17)19-16(14)18/h3-4,14H,2,5-13H2,1H3. The second kappa shape index (κ2) is 9.76. The van der Waals surface area contributed by atoms with E-state index >= 15 is 0 Å². The molecular weight excluding hydrogens is 240 g/mol. The summed E-state index contributed by atoms with van der Waals surface area (Å²) in [6.45, 7) is 2.16. The molecule has 0 aromatic rings. The van der Waals surface area contributed by atoms with Gasteiger partial charge in [0.15, 0.2) is 0 Å². The number of hydrogen-bond acceptors (Lipinski definition) is 3. The van der Waals surface area contributed by atoms with E-state index in [0.29, 0.717) is 6.42 Å². The summed E-state index contributed by atoms with van der Waals surface area (Å²) < 4.78 is 4.53. The van der Waals surface area contributed by atoms with Crippen molar-refractivity contribution in [3.05, 3.63) is 12.2 Å². The van der Waals surface area contributed by atoms with E-state index in [-0.39, 0.29) is 17.9 Å². The van der Waals surface area contributed by atoms with Crippen LogP contribution in [0.3, 0.4) is 0 Å². The zero-order valence-electron chi connectivity index (χ0n) is 12.0. The van der Waals surface area contributed by atoms with Crippen molar-refractivity contribution in [2.75, 3.05) is 0 Å². The highest BCUT2D eigenvalue weighted by Gasteiger charge is 2.32. The first-order valence-corrected chi connectivity index (χ1v) is 7.63. The third kappa shape index (κ3) is 7.14. The van der Waals surface area contributed by atoms with Crippen molar-refractivity contribution in [1.82, 2.24) is 0 Å². The fraction of sp³-hybridized carbons (Fsp3) is 0.750. The summed E-state index contributed by atoms with van der Waals surface area (Å²) in [6, 6.07) is 0. The van der Waals surface area contributed by atoms with Crippen LogP contribution >= 0.6 is 0 Å². The zero-order valence-corrected chi connectivity index (χ0v) is 12.0. The highest BCUT2D eigenvalue weighted by molar-refractivity contribution is 5.94. The highest BCUT2D eigenvalue weighted by Crippen LogP contribution is 2.22. The Morgan fingerprint density at radius 3 is 2.37 bits per heavy atom. The van der Waals surface area contributed by atoms with Crippen LogP contribution < -0.4 is 0 Å². The molecule has 1 heterocycles. The molecule has 0 N–H and O–H groups in total. The number of unbranched alkanes of at least 4 members (excludes halogenated alkanes) is 6. The lowest BCUT2D eigenvalue weighted by Crippen LogP contribution is -2.06. The van der Waals surface area contributed by atoms with Gasteiger partial charge in [-0.25, -0.2) is 0 Å². The first kappa shape index (κ1) is 15.9. The van der Waals surface area contributed by atoms with Crippen molar-refractivity contribution < 1.29 is 14.3 Å². The van der Waals surface area contributed by atoms with Gasteiger partial charge in [-0.15, -0.1) is 0 Å². The molecule has 0 bridgehead atoms. The Morgan fingerprint density at radius 2 is 1.74 bits per heavy atom. The molecule has 0 radical (unpaired) electrons. The fourth-order valence-corrected chi connectivity index (χ4v) is 2.39. The number of carbonyl (C=O) groups excluding carboxylic acids is 2. The summed E-state index contributed by atoms with van der Waals surface area (Å²) in [5, 5.41) is 0. The minimum atomic E-state index is -0.352. The van der Waals surface area contributed by atoms with Gasteiger partial charge in [-0.05, 0) is 25.7 Å². The number of ether oxygens (including phenoxy) is 1. The molecule has 0 spiro atoms. The topological polar surface area (TPSA) is 43.4 Å². The van der Waals surface area contributed by atoms with Crippen LogP contribution in [0, 0.1) is 5.92 Å². The lowest BCUT2D eigenvalue weighted by atomic mass is 9.99. The second-order valence-corrected chi connectivity index (χ2v) is 5.27. The average molecular weight is 266 g/mol. The molecule has 0 aromatic carbocycles. The quantitative estimate of drug-likeness (QED) is 0.258. The van der Waals surface area contributed by atoms with Crippen LogP contribution in [-0.2, 0) is 14.3 Å². The van der Waals surface area contributed by atoms with E-state index in [0.717, 1.165) is 25.7 Å². The lowest BCUT2D eigenvalue weighted by molar-refractivity contribution is -0.153. The summed E-state index contributed by atoms with van der Waals surface area (Å²) in [5.74, 6) is -0.825. The molecule has 0 aromatic heterocycles. The summed E-state index contributed by atoms with van der Waals surface area (Å²) in [4.78, 5) is 22.1. The predicted octanol–water partition coefficient (Wildman–Crippen LogP) is 4.16. The van der Waals surface area contributed by atoms with E-state index < -0.39 is 0 Å². The van der Waals surface area contributed by atoms with Crippen molar-refractivity contribution in [1.29, 1.82) is 0 Å². The van der Waals surface area contributed by atoms with Gasteiger partial charge in [0.05, 0.1) is 12.3 Å². The van der Waals surface area contributed by atoms with Gasteiger partial charge < -0.3 is 4.74 Å². The molecule has 1 saturated heterocycles. The van der Waals surface area contributed by atoms with E-state index in [1.54, 1.807) is 0 Å². The van der Waals surface area contributed by atoms with E-state index in [2.05, 4.69) is 23.8 Å². The van der Waals surface area contributed by atoms with Crippen LogP contribution in [0.5, 0.6) is 0 Å². The Kier molecular flexibility index (Phi) is 8.19. The van der Waals surface area contributed by atoms with Crippen molar-refractivity contribution in [2.24, 2.45) is 5.92 Å². The number of cyclic esters (lactones) is 2. The van der Waals surface area contributed by atoms with Gasteiger partial charge in [-0.2, -0.15) is 0 Å². The molecular formula is C16H26O3. The van der Waals surface area contributed by atoms with Crippen molar-refractivity contribution >= 4 is 11.9 Å². The van der Waals surface area contributed by atoms with Gasteiger partial charge in [0, 0.05) is 0 Å². The van der Waals surface area contributed by atoms with Crippen molar-refractivity contribution in [2.45, 2.75) is 71.1 Å². The lowest BCUT2D eigenvalue weighted by Gasteiger charge is -2.04. The molecule has 1 aliphatic heterocycles. The Balaban J connectivity index is 1.87. The molecule has 0 aliphatic carbocycles. The molecule has 0 amide bonds. The van der Waals surface area contributed by atoms with E-state index in [1.807, 2.05) is 0 Å². The Bertz CT molecular complexity index is 307. The van der Waals surface area contributed by atoms with Crippen LogP contribution in [0.4, 0.5) is 0 Å². The molecule has 1 fully saturated rings. The molecule has 1 aliphatic rings. The van der Waals surface area contributed by atoms with Crippen LogP contribution in [0.1, 0.15) is 71.1 Å². The normalized spacial score (nSPS) is 19.3. The highest BCUT2D eigenvalue weighted by atomic mass is 16.6. The SMILES string of the molecule is CCC=CCCCCCCCCC1CC(=O)OC1=O. The third-order valence-electron chi connectivity index (χ3n) is 3.54. The van der Waals surface area contributed by atoms with Crippen LogP contribution in [0.2, 0.25) is 0 Å². The van der Waals surface area contributed by atoms with E-state index in [9.17, 15) is 9.59 Å². The van der Waals surface area contributed by atoms with E-state index in [4.69, 9.17) is 0 Å². The Morgan fingerprint density at radius 1 is 1.05 bits per heavy atom. The number of allylic oxidation sites excluding steroid dienone is 2. The fourth-order valence-electron chi connectivity index (χ4n) is 2.39. The molecule has 3 nitrogen and oxygen atoms in total. The molecule has 0 saturated carbocycles. The largest absolute Gasteiger partial charge is 0.393 e. The maximum atomic E-state index is 11.2. The first-order valence-electron chi connectivity index (χ1n) is 7.63. The maximum Gasteiger partial charge on any atom is 0.317 e. The van der Waals surface area contributed by atoms with Crippen LogP contribution in [-0.4, -0.2) is 11.9 Å². The minimum Gasteiger partial charge on any atom is -0.393 e. The number of rotatable bonds is 10. The molecule has 1 rings (SSSR count). The minimum absolute atomic E-state index is 0.160. The monoisotopic (exact) mass is 266 g/mol. The summed E-state index contributed by atoms with van der Waals surface area (Å²) >= 11 is 0. The van der Waals surface area contributed by atoms with Crippen molar-refractivity contribution in [3.63, 3.8) is 0 Å². The number of esters is 2. The van der Waals surface area contributed by atoms with Crippen molar-refractivity contribution in [3.8, 4) is 0 Å². The van der Waals surface area contributed by atoms with Gasteiger partial charge in [-0.1, -0.05) is 51.2 Å². The van der Waals surface area contributed by atoms with Gasteiger partial charge in [-0.3, -0.25) is 9.59 Å². The van der Waals surface area contributed by atoms with Gasteiger partial charge in [0.1, 0.15) is 0 Å². The van der Waals surface area contributed by atoms with Crippen LogP contribution in [0.25, 0.3) is 0 Å². The number of hydrogen-bond donors (Lipinski definition) is 0.